The lowest BCUT2D eigenvalue weighted by molar-refractivity contribution is -0.111. The Morgan fingerprint density at radius 1 is 1.35 bits per heavy atom. The van der Waals surface area contributed by atoms with Crippen LogP contribution in [0.2, 0.25) is 10.0 Å². The molecule has 2 N–H and O–H groups in total. The first-order chi connectivity index (χ1) is 8.11. The Morgan fingerprint density at radius 2 is 2.12 bits per heavy atom. The number of nitrogens with one attached hydrogen (secondary N) is 2. The van der Waals surface area contributed by atoms with Crippen LogP contribution in [0.1, 0.15) is 12.5 Å². The maximum atomic E-state index is 11.0. The molecule has 1 aliphatic heterocycles. The molecular weight excluding hydrogens is 259 g/mol. The summed E-state index contributed by atoms with van der Waals surface area (Å²) in [6, 6.07) is 5.65. The third kappa shape index (κ3) is 2.80. The first-order valence-corrected chi connectivity index (χ1v) is 6.27. The van der Waals surface area contributed by atoms with E-state index in [4.69, 9.17) is 23.2 Å². The van der Waals surface area contributed by atoms with Crippen LogP contribution >= 0.6 is 23.2 Å². The van der Waals surface area contributed by atoms with Crippen molar-refractivity contribution < 1.29 is 4.79 Å². The quantitative estimate of drug-likeness (QED) is 0.830. The average Bonchev–Trinajstić information content (AvgIpc) is 2.63. The third-order valence-electron chi connectivity index (χ3n) is 3.15. The van der Waals surface area contributed by atoms with E-state index in [0.717, 1.165) is 11.8 Å². The number of carbonyl (C=O) groups is 1. The lowest BCUT2D eigenvalue weighted by Gasteiger charge is -2.15. The van der Waals surface area contributed by atoms with Crippen LogP contribution in [0, 0.1) is 5.92 Å². The molecule has 17 heavy (non-hydrogen) atoms. The number of halogens is 2. The van der Waals surface area contributed by atoms with Crippen LogP contribution in [-0.2, 0) is 11.2 Å². The molecular formula is C12H14Cl2N2O. The topological polar surface area (TPSA) is 41.1 Å². The van der Waals surface area contributed by atoms with E-state index in [-0.39, 0.29) is 18.0 Å². The van der Waals surface area contributed by atoms with Crippen LogP contribution in [0.4, 0.5) is 0 Å². The van der Waals surface area contributed by atoms with E-state index in [9.17, 15) is 4.79 Å². The highest BCUT2D eigenvalue weighted by atomic mass is 35.5. The van der Waals surface area contributed by atoms with Gasteiger partial charge >= 0.3 is 0 Å². The Labute approximate surface area is 110 Å². The van der Waals surface area contributed by atoms with Gasteiger partial charge in [-0.05, 0) is 31.0 Å². The fraction of sp³-hybridized carbons (Fsp3) is 0.417. The molecule has 0 saturated carbocycles. The first kappa shape index (κ1) is 12.8. The van der Waals surface area contributed by atoms with Crippen molar-refractivity contribution >= 4 is 29.5 Å². The zero-order valence-corrected chi connectivity index (χ0v) is 10.9. The molecule has 3 nitrogen and oxygen atoms in total. The molecule has 1 aliphatic rings. The molecule has 1 saturated heterocycles. The number of benzene rings is 1. The van der Waals surface area contributed by atoms with Crippen molar-refractivity contribution in [3.8, 4) is 0 Å². The summed E-state index contributed by atoms with van der Waals surface area (Å²) in [5.74, 6) is -0.0401. The molecule has 0 amide bonds. The van der Waals surface area contributed by atoms with Crippen LogP contribution in [0.3, 0.4) is 0 Å². The summed E-state index contributed by atoms with van der Waals surface area (Å²) in [6.07, 6.45) is 1.70. The van der Waals surface area contributed by atoms with Gasteiger partial charge < -0.3 is 4.79 Å². The Morgan fingerprint density at radius 3 is 2.76 bits per heavy atom. The van der Waals surface area contributed by atoms with Gasteiger partial charge in [0.1, 0.15) is 6.29 Å². The molecule has 92 valence electrons. The van der Waals surface area contributed by atoms with Gasteiger partial charge in [-0.25, -0.2) is 0 Å². The highest BCUT2D eigenvalue weighted by Gasteiger charge is 2.32. The van der Waals surface area contributed by atoms with Crippen LogP contribution in [0.25, 0.3) is 0 Å². The maximum Gasteiger partial charge on any atom is 0.126 e. The molecule has 0 aliphatic carbocycles. The lowest BCUT2D eigenvalue weighted by Crippen LogP contribution is -2.34. The third-order valence-corrected chi connectivity index (χ3v) is 3.74. The molecule has 5 heteroatoms. The predicted octanol–water partition coefficient (Wildman–Crippen LogP) is 2.22. The normalized spacial score (nSPS) is 28.3. The zero-order chi connectivity index (χ0) is 12.4. The van der Waals surface area contributed by atoms with Crippen molar-refractivity contribution in [1.29, 1.82) is 0 Å². The minimum atomic E-state index is -0.0401. The Balaban J connectivity index is 2.13. The number of hydrazine groups is 1. The van der Waals surface area contributed by atoms with E-state index >= 15 is 0 Å². The van der Waals surface area contributed by atoms with E-state index < -0.39 is 0 Å². The Kier molecular flexibility index (Phi) is 4.05. The predicted molar refractivity (Wildman–Crippen MR) is 69.2 cm³/mol. The summed E-state index contributed by atoms with van der Waals surface area (Å²) >= 11 is 12.0. The van der Waals surface area contributed by atoms with Crippen LogP contribution in [-0.4, -0.2) is 18.4 Å². The molecule has 0 radical (unpaired) electrons. The van der Waals surface area contributed by atoms with Crippen LogP contribution < -0.4 is 10.9 Å². The minimum absolute atomic E-state index is 0.0401. The van der Waals surface area contributed by atoms with Gasteiger partial charge in [0.2, 0.25) is 0 Å². The average molecular weight is 273 g/mol. The molecule has 0 spiro atoms. The van der Waals surface area contributed by atoms with Crippen LogP contribution in [0.5, 0.6) is 0 Å². The van der Waals surface area contributed by atoms with Gasteiger partial charge in [-0.15, -0.1) is 0 Å². The van der Waals surface area contributed by atoms with Gasteiger partial charge in [0.05, 0.1) is 0 Å². The smallest absolute Gasteiger partial charge is 0.126 e. The van der Waals surface area contributed by atoms with Crippen molar-refractivity contribution in [2.24, 2.45) is 5.92 Å². The standard InChI is InChI=1S/C12H14Cl2N2O/c1-7-10(6-17)12(16-15-7)4-8-2-3-9(13)5-11(8)14/h2-3,5-7,10,12,15-16H,4H2,1H3. The number of aldehydes is 1. The molecule has 1 aromatic rings. The van der Waals surface area contributed by atoms with Gasteiger partial charge in [0.25, 0.3) is 0 Å². The largest absolute Gasteiger partial charge is 0.303 e. The minimum Gasteiger partial charge on any atom is -0.303 e. The monoisotopic (exact) mass is 272 g/mol. The highest BCUT2D eigenvalue weighted by Crippen LogP contribution is 2.24. The molecule has 1 aromatic carbocycles. The van der Waals surface area contributed by atoms with Crippen molar-refractivity contribution in [1.82, 2.24) is 10.9 Å². The molecule has 3 atom stereocenters. The molecule has 1 heterocycles. The highest BCUT2D eigenvalue weighted by molar-refractivity contribution is 6.35. The van der Waals surface area contributed by atoms with Crippen molar-refractivity contribution in [3.05, 3.63) is 33.8 Å². The van der Waals surface area contributed by atoms with E-state index in [1.807, 2.05) is 19.1 Å². The maximum absolute atomic E-state index is 11.0. The molecule has 0 bridgehead atoms. The first-order valence-electron chi connectivity index (χ1n) is 5.52. The number of rotatable bonds is 3. The van der Waals surface area contributed by atoms with Gasteiger partial charge in [-0.3, -0.25) is 10.9 Å². The summed E-state index contributed by atoms with van der Waals surface area (Å²) in [6.45, 7) is 1.98. The fourth-order valence-electron chi connectivity index (χ4n) is 2.10. The Bertz CT molecular complexity index is 425. The zero-order valence-electron chi connectivity index (χ0n) is 9.41. The van der Waals surface area contributed by atoms with Gasteiger partial charge in [0, 0.05) is 28.0 Å². The second-order valence-corrected chi connectivity index (χ2v) is 5.18. The van der Waals surface area contributed by atoms with E-state index in [1.165, 1.54) is 0 Å². The summed E-state index contributed by atoms with van der Waals surface area (Å²) in [5.41, 5.74) is 7.19. The van der Waals surface area contributed by atoms with Gasteiger partial charge in [-0.1, -0.05) is 29.3 Å². The summed E-state index contributed by atoms with van der Waals surface area (Å²) in [4.78, 5) is 11.0. The summed E-state index contributed by atoms with van der Waals surface area (Å²) in [5, 5.41) is 1.26. The lowest BCUT2D eigenvalue weighted by atomic mass is 9.92. The SMILES string of the molecule is CC1NNC(Cc2ccc(Cl)cc2Cl)C1C=O. The van der Waals surface area contributed by atoms with E-state index in [2.05, 4.69) is 10.9 Å². The fourth-order valence-corrected chi connectivity index (χ4v) is 2.59. The number of carbonyl (C=O) groups excluding carboxylic acids is 1. The van der Waals surface area contributed by atoms with Crippen LogP contribution in [0.15, 0.2) is 18.2 Å². The number of hydrogen-bond acceptors (Lipinski definition) is 3. The van der Waals surface area contributed by atoms with Crippen molar-refractivity contribution in [2.45, 2.75) is 25.4 Å². The molecule has 2 rings (SSSR count). The van der Waals surface area contributed by atoms with Crippen molar-refractivity contribution in [3.63, 3.8) is 0 Å². The molecule has 1 fully saturated rings. The number of hydrogen-bond donors (Lipinski definition) is 2. The van der Waals surface area contributed by atoms with Gasteiger partial charge in [0.15, 0.2) is 0 Å². The molecule has 0 aromatic heterocycles. The summed E-state index contributed by atoms with van der Waals surface area (Å²) in [7, 11) is 0. The van der Waals surface area contributed by atoms with E-state index in [1.54, 1.807) is 6.07 Å². The van der Waals surface area contributed by atoms with Crippen molar-refractivity contribution in [2.75, 3.05) is 0 Å². The summed E-state index contributed by atoms with van der Waals surface area (Å²) < 4.78 is 0. The second-order valence-electron chi connectivity index (χ2n) is 4.34. The van der Waals surface area contributed by atoms with Gasteiger partial charge in [-0.2, -0.15) is 0 Å². The molecule has 3 unspecified atom stereocenters. The second kappa shape index (κ2) is 5.36. The Hall–Kier alpha value is -0.610. The van der Waals surface area contributed by atoms with E-state index in [0.29, 0.717) is 16.5 Å².